The van der Waals surface area contributed by atoms with E-state index in [4.69, 9.17) is 10.5 Å². The van der Waals surface area contributed by atoms with Crippen molar-refractivity contribution in [2.24, 2.45) is 5.73 Å². The molecule has 0 amide bonds. The third-order valence-corrected chi connectivity index (χ3v) is 3.16. The molecule has 1 rings (SSSR count). The van der Waals surface area contributed by atoms with Gasteiger partial charge in [-0.25, -0.2) is 0 Å². The van der Waals surface area contributed by atoms with E-state index in [1.165, 1.54) is 19.3 Å². The molecule has 3 heteroatoms. The third-order valence-electron chi connectivity index (χ3n) is 3.16. The summed E-state index contributed by atoms with van der Waals surface area (Å²) in [6, 6.07) is 0.564. The maximum Gasteiger partial charge on any atom is 0.0674 e. The molecule has 0 aromatic carbocycles. The molecule has 0 aliphatic carbocycles. The molecule has 1 saturated heterocycles. The minimum absolute atomic E-state index is 0.364. The van der Waals surface area contributed by atoms with Crippen molar-refractivity contribution < 1.29 is 4.74 Å². The van der Waals surface area contributed by atoms with E-state index in [0.717, 1.165) is 32.7 Å². The summed E-state index contributed by atoms with van der Waals surface area (Å²) in [4.78, 5) is 2.52. The Morgan fingerprint density at radius 1 is 1.53 bits per heavy atom. The van der Waals surface area contributed by atoms with Crippen LogP contribution in [0, 0.1) is 0 Å². The highest BCUT2D eigenvalue weighted by Crippen LogP contribution is 2.13. The molecule has 0 radical (unpaired) electrons. The van der Waals surface area contributed by atoms with Crippen LogP contribution in [0.2, 0.25) is 0 Å². The number of hydrogen-bond acceptors (Lipinski definition) is 3. The summed E-state index contributed by atoms with van der Waals surface area (Å²) in [6.45, 7) is 8.28. The molecule has 1 fully saturated rings. The van der Waals surface area contributed by atoms with Gasteiger partial charge in [0.15, 0.2) is 0 Å². The minimum Gasteiger partial charge on any atom is -0.377 e. The van der Waals surface area contributed by atoms with Gasteiger partial charge >= 0.3 is 0 Å². The molecule has 2 unspecified atom stereocenters. The van der Waals surface area contributed by atoms with Crippen molar-refractivity contribution in [3.05, 3.63) is 0 Å². The van der Waals surface area contributed by atoms with Crippen molar-refractivity contribution in [1.29, 1.82) is 0 Å². The first-order valence-corrected chi connectivity index (χ1v) is 6.33. The van der Waals surface area contributed by atoms with Gasteiger partial charge in [0.2, 0.25) is 0 Å². The van der Waals surface area contributed by atoms with Crippen LogP contribution < -0.4 is 5.73 Å². The molecule has 1 aliphatic heterocycles. The van der Waals surface area contributed by atoms with E-state index in [-0.39, 0.29) is 0 Å². The fraction of sp³-hybridized carbons (Fsp3) is 1.00. The maximum atomic E-state index is 5.86. The summed E-state index contributed by atoms with van der Waals surface area (Å²) in [7, 11) is 0. The average Bonchev–Trinajstić information content (AvgIpc) is 2.44. The van der Waals surface area contributed by atoms with Gasteiger partial charge in [0.05, 0.1) is 6.10 Å². The summed E-state index contributed by atoms with van der Waals surface area (Å²) in [5, 5.41) is 0. The number of nitrogens with two attached hydrogens (primary N) is 1. The molecule has 15 heavy (non-hydrogen) atoms. The highest BCUT2D eigenvalue weighted by Gasteiger charge is 2.21. The van der Waals surface area contributed by atoms with Crippen molar-refractivity contribution in [1.82, 2.24) is 4.90 Å². The lowest BCUT2D eigenvalue weighted by atomic mass is 10.1. The van der Waals surface area contributed by atoms with E-state index >= 15 is 0 Å². The van der Waals surface area contributed by atoms with Crippen LogP contribution in [0.5, 0.6) is 0 Å². The molecule has 1 aliphatic rings. The number of nitrogens with zero attached hydrogens (tertiary/aromatic N) is 1. The van der Waals surface area contributed by atoms with Gasteiger partial charge in [-0.2, -0.15) is 0 Å². The molecule has 2 atom stereocenters. The van der Waals surface area contributed by atoms with E-state index < -0.39 is 0 Å². The highest BCUT2D eigenvalue weighted by molar-refractivity contribution is 4.76. The minimum atomic E-state index is 0.364. The normalized spacial score (nSPS) is 26.2. The average molecular weight is 214 g/mol. The molecule has 2 N–H and O–H groups in total. The second kappa shape index (κ2) is 7.20. The molecular weight excluding hydrogens is 188 g/mol. The van der Waals surface area contributed by atoms with Crippen LogP contribution in [0.15, 0.2) is 0 Å². The number of hydrogen-bond donors (Lipinski definition) is 1. The fourth-order valence-corrected chi connectivity index (χ4v) is 2.25. The second-order valence-corrected chi connectivity index (χ2v) is 4.56. The van der Waals surface area contributed by atoms with Gasteiger partial charge < -0.3 is 10.5 Å². The van der Waals surface area contributed by atoms with Crippen LogP contribution in [0.4, 0.5) is 0 Å². The van der Waals surface area contributed by atoms with Gasteiger partial charge in [-0.15, -0.1) is 0 Å². The molecule has 0 aromatic heterocycles. The SMILES string of the molecule is CCCCC(CN)N1CCCOC(C)C1. The molecular formula is C12H26N2O. The third kappa shape index (κ3) is 4.49. The lowest BCUT2D eigenvalue weighted by Gasteiger charge is -2.30. The Balaban J connectivity index is 2.41. The molecule has 0 bridgehead atoms. The monoisotopic (exact) mass is 214 g/mol. The predicted molar refractivity (Wildman–Crippen MR) is 64.0 cm³/mol. The van der Waals surface area contributed by atoms with Gasteiger partial charge in [0.25, 0.3) is 0 Å². The molecule has 1 heterocycles. The molecule has 0 saturated carbocycles. The van der Waals surface area contributed by atoms with Crippen LogP contribution in [0.25, 0.3) is 0 Å². The number of unbranched alkanes of at least 4 members (excludes halogenated alkanes) is 1. The molecule has 3 nitrogen and oxygen atoms in total. The van der Waals surface area contributed by atoms with E-state index in [0.29, 0.717) is 12.1 Å². The molecule has 0 spiro atoms. The highest BCUT2D eigenvalue weighted by atomic mass is 16.5. The van der Waals surface area contributed by atoms with E-state index in [1.54, 1.807) is 0 Å². The fourth-order valence-electron chi connectivity index (χ4n) is 2.25. The Labute approximate surface area is 94.0 Å². The molecule has 90 valence electrons. The summed E-state index contributed by atoms with van der Waals surface area (Å²) in [6.07, 6.45) is 5.29. The van der Waals surface area contributed by atoms with Crippen LogP contribution in [-0.4, -0.2) is 43.3 Å². The van der Waals surface area contributed by atoms with Gasteiger partial charge in [-0.3, -0.25) is 4.90 Å². The summed E-state index contributed by atoms with van der Waals surface area (Å²) >= 11 is 0. The van der Waals surface area contributed by atoms with Crippen LogP contribution in [0.1, 0.15) is 39.5 Å². The zero-order valence-electron chi connectivity index (χ0n) is 10.2. The van der Waals surface area contributed by atoms with Crippen LogP contribution >= 0.6 is 0 Å². The topological polar surface area (TPSA) is 38.5 Å². The van der Waals surface area contributed by atoms with Gasteiger partial charge in [-0.05, 0) is 19.8 Å². The second-order valence-electron chi connectivity index (χ2n) is 4.56. The Bertz CT molecular complexity index is 164. The van der Waals surface area contributed by atoms with Crippen molar-refractivity contribution >= 4 is 0 Å². The quantitative estimate of drug-likeness (QED) is 0.755. The van der Waals surface area contributed by atoms with Crippen molar-refractivity contribution in [3.63, 3.8) is 0 Å². The standard InChI is InChI=1S/C12H26N2O/c1-3-4-6-12(9-13)14-7-5-8-15-11(2)10-14/h11-12H,3-10,13H2,1-2H3. The van der Waals surface area contributed by atoms with Gasteiger partial charge in [0, 0.05) is 32.3 Å². The Morgan fingerprint density at radius 3 is 3.00 bits per heavy atom. The Hall–Kier alpha value is -0.120. The zero-order valence-corrected chi connectivity index (χ0v) is 10.2. The first kappa shape index (κ1) is 12.9. The zero-order chi connectivity index (χ0) is 11.1. The number of rotatable bonds is 5. The Kier molecular flexibility index (Phi) is 6.22. The van der Waals surface area contributed by atoms with E-state index in [9.17, 15) is 0 Å². The first-order chi connectivity index (χ1) is 7.27. The largest absolute Gasteiger partial charge is 0.377 e. The molecule has 0 aromatic rings. The van der Waals surface area contributed by atoms with Gasteiger partial charge in [-0.1, -0.05) is 19.8 Å². The summed E-state index contributed by atoms with van der Waals surface area (Å²) < 4.78 is 5.65. The van der Waals surface area contributed by atoms with Gasteiger partial charge in [0.1, 0.15) is 0 Å². The summed E-state index contributed by atoms with van der Waals surface area (Å²) in [5.74, 6) is 0. The van der Waals surface area contributed by atoms with Crippen molar-refractivity contribution in [2.75, 3.05) is 26.2 Å². The number of ether oxygens (including phenoxy) is 1. The first-order valence-electron chi connectivity index (χ1n) is 6.33. The van der Waals surface area contributed by atoms with E-state index in [1.807, 2.05) is 0 Å². The van der Waals surface area contributed by atoms with Crippen molar-refractivity contribution in [3.8, 4) is 0 Å². The predicted octanol–water partition coefficient (Wildman–Crippen LogP) is 1.61. The lowest BCUT2D eigenvalue weighted by Crippen LogP contribution is -2.43. The maximum absolute atomic E-state index is 5.86. The smallest absolute Gasteiger partial charge is 0.0674 e. The summed E-state index contributed by atoms with van der Waals surface area (Å²) in [5.41, 5.74) is 5.86. The van der Waals surface area contributed by atoms with Crippen LogP contribution in [0.3, 0.4) is 0 Å². The van der Waals surface area contributed by atoms with E-state index in [2.05, 4.69) is 18.7 Å². The Morgan fingerprint density at radius 2 is 2.33 bits per heavy atom. The lowest BCUT2D eigenvalue weighted by molar-refractivity contribution is 0.0602. The van der Waals surface area contributed by atoms with Crippen molar-refractivity contribution in [2.45, 2.75) is 51.7 Å². The van der Waals surface area contributed by atoms with Crippen LogP contribution in [-0.2, 0) is 4.74 Å².